The molecule has 3 aromatic rings. The fourth-order valence-corrected chi connectivity index (χ4v) is 4.15. The number of carbonyl (C=O) groups is 2. The highest BCUT2D eigenvalue weighted by Gasteiger charge is 2.28. The van der Waals surface area contributed by atoms with Gasteiger partial charge in [-0.15, -0.1) is 0 Å². The fraction of sp³-hybridized carbons (Fsp3) is 0.269. The number of methoxy groups -OCH3 is 1. The van der Waals surface area contributed by atoms with Crippen LogP contribution in [-0.4, -0.2) is 30.3 Å². The van der Waals surface area contributed by atoms with Crippen LogP contribution >= 0.6 is 0 Å². The molecule has 1 aliphatic rings. The van der Waals surface area contributed by atoms with E-state index in [1.54, 1.807) is 19.5 Å². The van der Waals surface area contributed by atoms with E-state index in [1.165, 1.54) is 0 Å². The van der Waals surface area contributed by atoms with Crippen molar-refractivity contribution in [2.24, 2.45) is 0 Å². The van der Waals surface area contributed by atoms with Gasteiger partial charge in [0.25, 0.3) is 0 Å². The van der Waals surface area contributed by atoms with Gasteiger partial charge in [0.2, 0.25) is 5.91 Å². The molecule has 0 saturated carbocycles. The minimum Gasteiger partial charge on any atom is -0.496 e. The number of nitrogens with zero attached hydrogens (tertiary/aromatic N) is 2. The number of aromatic nitrogens is 1. The van der Waals surface area contributed by atoms with Gasteiger partial charge in [0.15, 0.2) is 5.78 Å². The summed E-state index contributed by atoms with van der Waals surface area (Å²) in [5.74, 6) is 1.05. The first-order valence-corrected chi connectivity index (χ1v) is 10.6. The first-order valence-electron chi connectivity index (χ1n) is 10.6. The number of carbonyl (C=O) groups excluding carboxylic acids is 2. The van der Waals surface area contributed by atoms with E-state index in [-0.39, 0.29) is 11.7 Å². The zero-order chi connectivity index (χ0) is 21.8. The second-order valence-electron chi connectivity index (χ2n) is 7.65. The molecule has 158 valence electrons. The fourth-order valence-electron chi connectivity index (χ4n) is 4.15. The molecular weight excluding hydrogens is 388 g/mol. The van der Waals surface area contributed by atoms with E-state index < -0.39 is 0 Å². The number of benzene rings is 2. The number of Topliss-reactive ketones (excluding diaryl/α,β-unsaturated/α-hetero) is 1. The molecule has 0 radical (unpaired) electrons. The topological polar surface area (TPSA) is 59.5 Å². The van der Waals surface area contributed by atoms with Gasteiger partial charge < -0.3 is 9.64 Å². The van der Waals surface area contributed by atoms with Crippen LogP contribution in [0.5, 0.6) is 5.75 Å². The van der Waals surface area contributed by atoms with Crippen molar-refractivity contribution in [1.29, 1.82) is 0 Å². The molecule has 2 aromatic carbocycles. The smallest absolute Gasteiger partial charge is 0.226 e. The Hall–Kier alpha value is -3.47. The lowest BCUT2D eigenvalue weighted by Crippen LogP contribution is -2.27. The normalized spacial score (nSPS) is 12.5. The molecule has 0 saturated heterocycles. The summed E-state index contributed by atoms with van der Waals surface area (Å²) in [6, 6.07) is 15.5. The van der Waals surface area contributed by atoms with Gasteiger partial charge in [0.05, 0.1) is 12.8 Å². The number of hydrogen-bond donors (Lipinski definition) is 0. The van der Waals surface area contributed by atoms with Gasteiger partial charge in [-0.25, -0.2) is 0 Å². The average Bonchev–Trinajstić information content (AvgIpc) is 3.26. The van der Waals surface area contributed by atoms with Crippen LogP contribution in [0.25, 0.3) is 11.1 Å². The van der Waals surface area contributed by atoms with Gasteiger partial charge in [0, 0.05) is 48.5 Å². The molecule has 5 heteroatoms. The van der Waals surface area contributed by atoms with E-state index in [9.17, 15) is 9.59 Å². The average molecular weight is 415 g/mol. The molecule has 0 unspecified atom stereocenters. The Labute approximate surface area is 182 Å². The summed E-state index contributed by atoms with van der Waals surface area (Å²) in [6.45, 7) is 2.57. The molecular formula is C26H26N2O3. The van der Waals surface area contributed by atoms with E-state index in [4.69, 9.17) is 4.74 Å². The van der Waals surface area contributed by atoms with Gasteiger partial charge in [-0.3, -0.25) is 14.6 Å². The zero-order valence-electron chi connectivity index (χ0n) is 17.9. The maximum absolute atomic E-state index is 12.6. The second kappa shape index (κ2) is 9.13. The molecule has 0 aliphatic carbocycles. The van der Waals surface area contributed by atoms with E-state index >= 15 is 0 Å². The summed E-state index contributed by atoms with van der Waals surface area (Å²) in [6.07, 6.45) is 5.93. The Morgan fingerprint density at radius 1 is 1.10 bits per heavy atom. The van der Waals surface area contributed by atoms with Gasteiger partial charge in [-0.2, -0.15) is 0 Å². The van der Waals surface area contributed by atoms with Crippen LogP contribution in [0.15, 0.2) is 60.9 Å². The Kier molecular flexibility index (Phi) is 6.12. The summed E-state index contributed by atoms with van der Waals surface area (Å²) in [4.78, 5) is 30.7. The highest BCUT2D eigenvalue weighted by molar-refractivity contribution is 5.98. The first kappa shape index (κ1) is 20.8. The molecule has 0 N–H and O–H groups in total. The minimum absolute atomic E-state index is 0.116. The van der Waals surface area contributed by atoms with Gasteiger partial charge in [0.1, 0.15) is 5.75 Å². The van der Waals surface area contributed by atoms with Crippen molar-refractivity contribution >= 4 is 17.4 Å². The predicted octanol–water partition coefficient (Wildman–Crippen LogP) is 4.87. The number of ether oxygens (including phenoxy) is 1. The van der Waals surface area contributed by atoms with Crippen LogP contribution in [0, 0.1) is 0 Å². The van der Waals surface area contributed by atoms with E-state index in [1.807, 2.05) is 60.4 Å². The van der Waals surface area contributed by atoms with Crippen LogP contribution < -0.4 is 9.64 Å². The maximum atomic E-state index is 12.6. The number of pyridine rings is 1. The Balaban J connectivity index is 1.54. The Bertz CT molecular complexity index is 1090. The summed E-state index contributed by atoms with van der Waals surface area (Å²) in [5.41, 5.74) is 5.73. The van der Waals surface area contributed by atoms with Gasteiger partial charge in [-0.1, -0.05) is 37.3 Å². The van der Waals surface area contributed by atoms with Gasteiger partial charge >= 0.3 is 0 Å². The Morgan fingerprint density at radius 2 is 1.90 bits per heavy atom. The number of anilines is 1. The summed E-state index contributed by atoms with van der Waals surface area (Å²) in [7, 11) is 1.67. The van der Waals surface area contributed by atoms with E-state index in [0.717, 1.165) is 40.1 Å². The summed E-state index contributed by atoms with van der Waals surface area (Å²) < 4.78 is 5.76. The van der Waals surface area contributed by atoms with Crippen molar-refractivity contribution in [3.8, 4) is 16.9 Å². The molecule has 4 rings (SSSR count). The molecule has 31 heavy (non-hydrogen) atoms. The van der Waals surface area contributed by atoms with Crippen LogP contribution in [0.1, 0.15) is 41.3 Å². The third-order valence-corrected chi connectivity index (χ3v) is 5.80. The van der Waals surface area contributed by atoms with Crippen LogP contribution in [0.4, 0.5) is 5.69 Å². The van der Waals surface area contributed by atoms with E-state index in [2.05, 4.69) is 4.98 Å². The molecule has 1 aromatic heterocycles. The van der Waals surface area contributed by atoms with Crippen molar-refractivity contribution in [3.63, 3.8) is 0 Å². The third-order valence-electron chi connectivity index (χ3n) is 5.80. The molecule has 5 nitrogen and oxygen atoms in total. The molecule has 2 heterocycles. The number of aryl methyl sites for hydroxylation is 1. The van der Waals surface area contributed by atoms with Crippen molar-refractivity contribution in [2.75, 3.05) is 18.6 Å². The molecule has 0 fully saturated rings. The quantitative estimate of drug-likeness (QED) is 0.518. The van der Waals surface area contributed by atoms with E-state index in [0.29, 0.717) is 31.4 Å². The first-order chi connectivity index (χ1) is 15.1. The Morgan fingerprint density at radius 3 is 2.58 bits per heavy atom. The second-order valence-corrected chi connectivity index (χ2v) is 7.65. The number of fused-ring (bicyclic) bond motifs is 1. The third kappa shape index (κ3) is 4.22. The standard InChI is InChI=1S/C26H26N2O3/c1-3-25(30)28-16-14-22-23(28)12-11-21(26(22)31-2)19-7-9-20(10-8-19)24(29)13-6-18-5-4-15-27-17-18/h4-5,7-12,15,17H,3,6,13-14,16H2,1-2H3. The lowest BCUT2D eigenvalue weighted by molar-refractivity contribution is -0.118. The van der Waals surface area contributed by atoms with Crippen molar-refractivity contribution in [3.05, 3.63) is 77.6 Å². The van der Waals surface area contributed by atoms with Crippen molar-refractivity contribution < 1.29 is 14.3 Å². The highest BCUT2D eigenvalue weighted by Crippen LogP contribution is 2.42. The van der Waals surface area contributed by atoms with Crippen LogP contribution in [-0.2, 0) is 17.6 Å². The molecule has 1 aliphatic heterocycles. The zero-order valence-corrected chi connectivity index (χ0v) is 17.9. The van der Waals surface area contributed by atoms with Crippen LogP contribution in [0.3, 0.4) is 0 Å². The predicted molar refractivity (Wildman–Crippen MR) is 122 cm³/mol. The molecule has 0 atom stereocenters. The SMILES string of the molecule is CCC(=O)N1CCc2c1ccc(-c1ccc(C(=O)CCc3cccnc3)cc1)c2OC. The van der Waals surface area contributed by atoms with Crippen LogP contribution in [0.2, 0.25) is 0 Å². The highest BCUT2D eigenvalue weighted by atomic mass is 16.5. The minimum atomic E-state index is 0.116. The maximum Gasteiger partial charge on any atom is 0.226 e. The monoisotopic (exact) mass is 414 g/mol. The largest absolute Gasteiger partial charge is 0.496 e. The number of amides is 1. The summed E-state index contributed by atoms with van der Waals surface area (Å²) >= 11 is 0. The number of rotatable bonds is 7. The van der Waals surface area contributed by atoms with Gasteiger partial charge in [-0.05, 0) is 42.2 Å². The molecule has 0 spiro atoms. The molecule has 0 bridgehead atoms. The van der Waals surface area contributed by atoms with Crippen molar-refractivity contribution in [1.82, 2.24) is 4.98 Å². The molecule has 1 amide bonds. The number of hydrogen-bond acceptors (Lipinski definition) is 4. The lowest BCUT2D eigenvalue weighted by Gasteiger charge is -2.18. The lowest BCUT2D eigenvalue weighted by atomic mass is 9.97. The summed E-state index contributed by atoms with van der Waals surface area (Å²) in [5, 5.41) is 0. The van der Waals surface area contributed by atoms with Crippen molar-refractivity contribution in [2.45, 2.75) is 32.6 Å². The number of ketones is 1.